The van der Waals surface area contributed by atoms with Crippen molar-refractivity contribution in [1.82, 2.24) is 5.32 Å². The molecule has 4 heteroatoms. The third-order valence-electron chi connectivity index (χ3n) is 4.79. The van der Waals surface area contributed by atoms with Crippen LogP contribution in [-0.2, 0) is 16.4 Å². The number of hydrogen-bond acceptors (Lipinski definition) is 3. The van der Waals surface area contributed by atoms with Crippen LogP contribution in [0, 0.1) is 24.7 Å². The Bertz CT molecular complexity index is 663. The molecule has 0 spiro atoms. The number of fused-ring (bicyclic) bond motifs is 2. The Morgan fingerprint density at radius 1 is 1.24 bits per heavy atom. The molecular weight excluding hydrogens is 282 g/mol. The summed E-state index contributed by atoms with van der Waals surface area (Å²) >= 11 is 0. The lowest BCUT2D eigenvalue weighted by molar-refractivity contribution is 0.414. The van der Waals surface area contributed by atoms with E-state index in [2.05, 4.69) is 17.5 Å². The highest BCUT2D eigenvalue weighted by molar-refractivity contribution is 7.90. The maximum atomic E-state index is 11.6. The fourth-order valence-electron chi connectivity index (χ4n) is 3.77. The van der Waals surface area contributed by atoms with Gasteiger partial charge in [-0.2, -0.15) is 0 Å². The van der Waals surface area contributed by atoms with Crippen LogP contribution >= 0.6 is 0 Å². The Kier molecular flexibility index (Phi) is 3.93. The van der Waals surface area contributed by atoms with Crippen molar-refractivity contribution in [3.8, 4) is 0 Å². The van der Waals surface area contributed by atoms with Crippen molar-refractivity contribution in [2.75, 3.05) is 12.8 Å². The smallest absolute Gasteiger partial charge is 0.175 e. The first-order valence-corrected chi connectivity index (χ1v) is 9.51. The minimum atomic E-state index is -3.12. The molecule has 3 atom stereocenters. The first-order valence-electron chi connectivity index (χ1n) is 7.62. The van der Waals surface area contributed by atoms with E-state index >= 15 is 0 Å². The average molecular weight is 305 g/mol. The Morgan fingerprint density at radius 2 is 2.05 bits per heavy atom. The van der Waals surface area contributed by atoms with Gasteiger partial charge in [-0.1, -0.05) is 24.3 Å². The Labute approximate surface area is 127 Å². The van der Waals surface area contributed by atoms with Crippen LogP contribution in [0.25, 0.3) is 0 Å². The van der Waals surface area contributed by atoms with Crippen LogP contribution in [0.3, 0.4) is 0 Å². The van der Waals surface area contributed by atoms with Gasteiger partial charge in [-0.15, -0.1) is 0 Å². The third-order valence-corrected chi connectivity index (χ3v) is 6.05. The fourth-order valence-corrected chi connectivity index (χ4v) is 4.73. The van der Waals surface area contributed by atoms with Crippen LogP contribution in [0.1, 0.15) is 24.0 Å². The molecule has 114 valence electrons. The summed E-state index contributed by atoms with van der Waals surface area (Å²) in [6, 6.07) is 5.61. The normalized spacial score (nSPS) is 27.4. The Balaban J connectivity index is 1.56. The van der Waals surface area contributed by atoms with Crippen molar-refractivity contribution < 1.29 is 8.42 Å². The van der Waals surface area contributed by atoms with E-state index in [0.29, 0.717) is 4.90 Å². The number of nitrogens with one attached hydrogen (secondary N) is 1. The molecule has 1 N–H and O–H groups in total. The highest BCUT2D eigenvalue weighted by Gasteiger charge is 2.34. The van der Waals surface area contributed by atoms with Gasteiger partial charge in [0, 0.05) is 12.8 Å². The quantitative estimate of drug-likeness (QED) is 0.851. The summed E-state index contributed by atoms with van der Waals surface area (Å²) in [6.07, 6.45) is 8.67. The van der Waals surface area contributed by atoms with E-state index in [0.717, 1.165) is 42.0 Å². The first kappa shape index (κ1) is 14.8. The van der Waals surface area contributed by atoms with Gasteiger partial charge in [-0.05, 0) is 61.3 Å². The van der Waals surface area contributed by atoms with Crippen LogP contribution in [-0.4, -0.2) is 21.2 Å². The predicted octanol–water partition coefficient (Wildman–Crippen LogP) is 2.70. The van der Waals surface area contributed by atoms with Crippen molar-refractivity contribution in [2.24, 2.45) is 17.8 Å². The summed E-state index contributed by atoms with van der Waals surface area (Å²) in [4.78, 5) is 0.435. The number of benzene rings is 1. The van der Waals surface area contributed by atoms with Crippen molar-refractivity contribution in [3.63, 3.8) is 0 Å². The lowest BCUT2D eigenvalue weighted by atomic mass is 9.93. The van der Waals surface area contributed by atoms with E-state index in [1.54, 1.807) is 6.07 Å². The topological polar surface area (TPSA) is 46.2 Å². The third kappa shape index (κ3) is 3.22. The molecule has 2 bridgehead atoms. The molecular formula is C17H23NO2S. The van der Waals surface area contributed by atoms with E-state index in [1.807, 2.05) is 19.1 Å². The van der Waals surface area contributed by atoms with E-state index < -0.39 is 9.84 Å². The fraction of sp³-hybridized carbons (Fsp3) is 0.529. The second-order valence-electron chi connectivity index (χ2n) is 6.54. The monoisotopic (exact) mass is 305 g/mol. The molecule has 2 aliphatic rings. The van der Waals surface area contributed by atoms with Gasteiger partial charge in [0.15, 0.2) is 9.84 Å². The Morgan fingerprint density at radius 3 is 2.62 bits per heavy atom. The minimum Gasteiger partial charge on any atom is -0.312 e. The molecule has 0 radical (unpaired) electrons. The highest BCUT2D eigenvalue weighted by atomic mass is 32.2. The molecule has 21 heavy (non-hydrogen) atoms. The summed E-state index contributed by atoms with van der Waals surface area (Å²) in [5, 5.41) is 3.53. The molecule has 0 saturated heterocycles. The maximum Gasteiger partial charge on any atom is 0.175 e. The van der Waals surface area contributed by atoms with Crippen molar-refractivity contribution in [1.29, 1.82) is 0 Å². The lowest BCUT2D eigenvalue weighted by Crippen LogP contribution is -2.25. The lowest BCUT2D eigenvalue weighted by Gasteiger charge is -2.18. The number of allylic oxidation sites excluding steroid dienone is 2. The molecule has 1 fully saturated rings. The SMILES string of the molecule is Cc1cc(CNC[C@@H]2C[C@H]3C=C[C@H]2C3)ccc1S(C)(=O)=O. The van der Waals surface area contributed by atoms with Crippen LogP contribution < -0.4 is 5.32 Å². The number of sulfone groups is 1. The molecule has 0 aliphatic heterocycles. The van der Waals surface area contributed by atoms with Gasteiger partial charge in [-0.25, -0.2) is 8.42 Å². The molecule has 3 nitrogen and oxygen atoms in total. The first-order chi connectivity index (χ1) is 9.93. The van der Waals surface area contributed by atoms with E-state index in [4.69, 9.17) is 0 Å². The second-order valence-corrected chi connectivity index (χ2v) is 8.53. The van der Waals surface area contributed by atoms with Gasteiger partial charge in [0.25, 0.3) is 0 Å². The largest absolute Gasteiger partial charge is 0.312 e. The van der Waals surface area contributed by atoms with E-state index in [1.165, 1.54) is 19.1 Å². The molecule has 1 aromatic carbocycles. The van der Waals surface area contributed by atoms with E-state index in [-0.39, 0.29) is 0 Å². The zero-order valence-corrected chi connectivity index (χ0v) is 13.5. The molecule has 1 aromatic rings. The zero-order chi connectivity index (χ0) is 15.0. The van der Waals surface area contributed by atoms with Gasteiger partial charge in [0.1, 0.15) is 0 Å². The van der Waals surface area contributed by atoms with Crippen molar-refractivity contribution in [2.45, 2.75) is 31.2 Å². The predicted molar refractivity (Wildman–Crippen MR) is 84.8 cm³/mol. The van der Waals surface area contributed by atoms with Gasteiger partial charge in [0.2, 0.25) is 0 Å². The summed E-state index contributed by atoms with van der Waals surface area (Å²) in [5.74, 6) is 2.37. The molecule has 2 aliphatic carbocycles. The summed E-state index contributed by atoms with van der Waals surface area (Å²) in [7, 11) is -3.12. The second kappa shape index (κ2) is 5.58. The van der Waals surface area contributed by atoms with Crippen LogP contribution in [0.5, 0.6) is 0 Å². The minimum absolute atomic E-state index is 0.435. The van der Waals surface area contributed by atoms with Crippen molar-refractivity contribution in [3.05, 3.63) is 41.5 Å². The van der Waals surface area contributed by atoms with Crippen molar-refractivity contribution >= 4 is 9.84 Å². The molecule has 0 unspecified atom stereocenters. The number of rotatable bonds is 5. The average Bonchev–Trinajstić information content (AvgIpc) is 2.99. The molecule has 1 saturated carbocycles. The molecule has 3 rings (SSSR count). The summed E-state index contributed by atoms with van der Waals surface area (Å²) < 4.78 is 23.2. The standard InChI is InChI=1S/C17H23NO2S/c1-12-7-14(4-6-17(12)21(2,19)20)10-18-11-16-9-13-3-5-15(16)8-13/h3-7,13,15-16,18H,8-11H2,1-2H3/t13-,15-,16-/m0/s1. The molecule has 0 aromatic heterocycles. The summed E-state index contributed by atoms with van der Waals surface area (Å²) in [5.41, 5.74) is 1.98. The van der Waals surface area contributed by atoms with E-state index in [9.17, 15) is 8.42 Å². The van der Waals surface area contributed by atoms with Gasteiger partial charge < -0.3 is 5.32 Å². The van der Waals surface area contributed by atoms with Gasteiger partial charge in [-0.3, -0.25) is 0 Å². The molecule has 0 amide bonds. The van der Waals surface area contributed by atoms with Crippen LogP contribution in [0.4, 0.5) is 0 Å². The molecule has 0 heterocycles. The maximum absolute atomic E-state index is 11.6. The Hall–Kier alpha value is -1.13. The van der Waals surface area contributed by atoms with Gasteiger partial charge in [0.05, 0.1) is 4.90 Å². The number of aryl methyl sites for hydroxylation is 1. The number of hydrogen-bond donors (Lipinski definition) is 1. The summed E-state index contributed by atoms with van der Waals surface area (Å²) in [6.45, 7) is 3.72. The van der Waals surface area contributed by atoms with Gasteiger partial charge >= 0.3 is 0 Å². The highest BCUT2D eigenvalue weighted by Crippen LogP contribution is 2.42. The van der Waals surface area contributed by atoms with Crippen LogP contribution in [0.15, 0.2) is 35.2 Å². The van der Waals surface area contributed by atoms with Crippen LogP contribution in [0.2, 0.25) is 0 Å². The zero-order valence-electron chi connectivity index (χ0n) is 12.7.